The van der Waals surface area contributed by atoms with Crippen LogP contribution in [0.1, 0.15) is 6.92 Å². The average molecular weight is 184 g/mol. The fourth-order valence-electron chi connectivity index (χ4n) is 0.942. The molecule has 70 valence electrons. The van der Waals surface area contributed by atoms with E-state index in [2.05, 4.69) is 4.74 Å². The lowest BCUT2D eigenvalue weighted by atomic mass is 10.1. The van der Waals surface area contributed by atoms with Gasteiger partial charge in [-0.3, -0.25) is 0 Å². The van der Waals surface area contributed by atoms with Gasteiger partial charge in [-0.15, -0.1) is 0 Å². The summed E-state index contributed by atoms with van der Waals surface area (Å²) in [6.07, 6.45) is 2.68. The van der Waals surface area contributed by atoms with Gasteiger partial charge in [-0.2, -0.15) is 0 Å². The van der Waals surface area contributed by atoms with E-state index in [-0.39, 0.29) is 17.4 Å². The molecule has 0 amide bonds. The highest BCUT2D eigenvalue weighted by Crippen LogP contribution is 2.19. The van der Waals surface area contributed by atoms with E-state index in [1.807, 2.05) is 0 Å². The molecule has 1 aliphatic heterocycles. The Bertz CT molecular complexity index is 282. The maximum Gasteiger partial charge on any atom is 0.371 e. The molecule has 5 nitrogen and oxygen atoms in total. The van der Waals surface area contributed by atoms with Gasteiger partial charge in [0.25, 0.3) is 0 Å². The van der Waals surface area contributed by atoms with Crippen LogP contribution in [0.4, 0.5) is 0 Å². The Morgan fingerprint density at radius 3 is 1.92 bits per heavy atom. The van der Waals surface area contributed by atoms with E-state index in [1.165, 1.54) is 12.2 Å². The van der Waals surface area contributed by atoms with E-state index in [0.717, 1.165) is 0 Å². The molecule has 0 saturated carbocycles. The minimum absolute atomic E-state index is 0.244. The molecule has 5 heteroatoms. The smallest absolute Gasteiger partial charge is 0.371 e. The molecule has 0 saturated heterocycles. The Hall–Kier alpha value is -1.78. The molecule has 0 aromatic heterocycles. The predicted molar refractivity (Wildman–Crippen MR) is 41.7 cm³/mol. The average Bonchev–Trinajstić information content (AvgIpc) is 2.03. The zero-order valence-electron chi connectivity index (χ0n) is 6.85. The van der Waals surface area contributed by atoms with Crippen LogP contribution >= 0.6 is 0 Å². The fourth-order valence-corrected chi connectivity index (χ4v) is 0.942. The lowest BCUT2D eigenvalue weighted by Gasteiger charge is -2.14. The van der Waals surface area contributed by atoms with E-state index < -0.39 is 11.9 Å². The fraction of sp³-hybridized carbons (Fsp3) is 0.250. The van der Waals surface area contributed by atoms with Crippen molar-refractivity contribution < 1.29 is 24.5 Å². The normalized spacial score (nSPS) is 17.0. The maximum atomic E-state index is 10.5. The molecule has 0 aromatic rings. The SMILES string of the molecule is CC1C=C(C(=O)O)OC(C(=O)O)=C1. The van der Waals surface area contributed by atoms with Gasteiger partial charge in [-0.1, -0.05) is 6.92 Å². The number of rotatable bonds is 2. The number of hydrogen-bond donors (Lipinski definition) is 2. The maximum absolute atomic E-state index is 10.5. The van der Waals surface area contributed by atoms with Gasteiger partial charge in [0.05, 0.1) is 0 Å². The quantitative estimate of drug-likeness (QED) is 0.656. The molecule has 0 aliphatic carbocycles. The topological polar surface area (TPSA) is 83.8 Å². The van der Waals surface area contributed by atoms with E-state index in [1.54, 1.807) is 6.92 Å². The van der Waals surface area contributed by atoms with Gasteiger partial charge in [-0.05, 0) is 12.2 Å². The molecular weight excluding hydrogens is 176 g/mol. The minimum Gasteiger partial charge on any atom is -0.475 e. The highest BCUT2D eigenvalue weighted by Gasteiger charge is 2.22. The standard InChI is InChI=1S/C8H8O5/c1-4-2-5(7(9)10)13-6(3-4)8(11)12/h2-4H,1H3,(H,9,10)(H,11,12). The van der Waals surface area contributed by atoms with Crippen molar-refractivity contribution >= 4 is 11.9 Å². The van der Waals surface area contributed by atoms with Crippen LogP contribution in [0.5, 0.6) is 0 Å². The van der Waals surface area contributed by atoms with Gasteiger partial charge in [0.1, 0.15) is 0 Å². The Morgan fingerprint density at radius 1 is 1.23 bits per heavy atom. The molecule has 0 bridgehead atoms. The van der Waals surface area contributed by atoms with Gasteiger partial charge in [0.2, 0.25) is 11.5 Å². The number of allylic oxidation sites excluding steroid dienone is 2. The number of hydrogen-bond acceptors (Lipinski definition) is 3. The van der Waals surface area contributed by atoms with Crippen molar-refractivity contribution in [3.63, 3.8) is 0 Å². The first-order valence-corrected chi connectivity index (χ1v) is 3.59. The summed E-state index contributed by atoms with van der Waals surface area (Å²) in [5.74, 6) is -3.46. The number of carboxylic acid groups (broad SMARTS) is 2. The largest absolute Gasteiger partial charge is 0.475 e. The molecule has 0 unspecified atom stereocenters. The summed E-state index contributed by atoms with van der Waals surface area (Å²) in [6, 6.07) is 0. The predicted octanol–water partition coefficient (Wildman–Crippen LogP) is 0.590. The summed E-state index contributed by atoms with van der Waals surface area (Å²) < 4.78 is 4.60. The van der Waals surface area contributed by atoms with Crippen LogP contribution < -0.4 is 0 Å². The van der Waals surface area contributed by atoms with E-state index in [9.17, 15) is 9.59 Å². The van der Waals surface area contributed by atoms with Crippen LogP contribution in [0.3, 0.4) is 0 Å². The van der Waals surface area contributed by atoms with Crippen molar-refractivity contribution in [3.8, 4) is 0 Å². The van der Waals surface area contributed by atoms with E-state index >= 15 is 0 Å². The Morgan fingerprint density at radius 2 is 1.62 bits per heavy atom. The second-order valence-corrected chi connectivity index (χ2v) is 2.63. The van der Waals surface area contributed by atoms with E-state index in [4.69, 9.17) is 10.2 Å². The lowest BCUT2D eigenvalue weighted by Crippen LogP contribution is -2.15. The van der Waals surface area contributed by atoms with Crippen LogP contribution in [-0.4, -0.2) is 22.2 Å². The molecular formula is C8H8O5. The molecule has 1 heterocycles. The summed E-state index contributed by atoms with van der Waals surface area (Å²) in [5.41, 5.74) is 0. The molecule has 0 radical (unpaired) electrons. The van der Waals surface area contributed by atoms with Gasteiger partial charge >= 0.3 is 11.9 Å². The van der Waals surface area contributed by atoms with Crippen LogP contribution in [0.15, 0.2) is 23.7 Å². The molecule has 0 atom stereocenters. The highest BCUT2D eigenvalue weighted by atomic mass is 16.5. The van der Waals surface area contributed by atoms with Crippen LogP contribution in [0.2, 0.25) is 0 Å². The first-order valence-electron chi connectivity index (χ1n) is 3.59. The zero-order chi connectivity index (χ0) is 10.0. The highest BCUT2D eigenvalue weighted by molar-refractivity contribution is 5.89. The zero-order valence-corrected chi connectivity index (χ0v) is 6.85. The Labute approximate surface area is 73.9 Å². The van der Waals surface area contributed by atoms with Gasteiger partial charge < -0.3 is 14.9 Å². The van der Waals surface area contributed by atoms with Crippen LogP contribution in [0.25, 0.3) is 0 Å². The summed E-state index contributed by atoms with van der Waals surface area (Å²) in [6.45, 7) is 1.68. The third kappa shape index (κ3) is 2.08. The van der Waals surface area contributed by atoms with Crippen LogP contribution in [0, 0.1) is 5.92 Å². The number of carbonyl (C=O) groups is 2. The Balaban J connectivity index is 2.88. The van der Waals surface area contributed by atoms with Crippen molar-refractivity contribution in [1.29, 1.82) is 0 Å². The van der Waals surface area contributed by atoms with Crippen molar-refractivity contribution in [2.75, 3.05) is 0 Å². The minimum atomic E-state index is -1.27. The molecule has 2 N–H and O–H groups in total. The molecule has 13 heavy (non-hydrogen) atoms. The molecule has 1 rings (SSSR count). The number of carboxylic acids is 2. The summed E-state index contributed by atoms with van der Waals surface area (Å²) in [4.78, 5) is 20.9. The summed E-state index contributed by atoms with van der Waals surface area (Å²) in [5, 5.41) is 17.1. The summed E-state index contributed by atoms with van der Waals surface area (Å²) >= 11 is 0. The van der Waals surface area contributed by atoms with Gasteiger partial charge in [0.15, 0.2) is 0 Å². The first kappa shape index (κ1) is 9.31. The van der Waals surface area contributed by atoms with Crippen molar-refractivity contribution in [2.24, 2.45) is 5.92 Å². The monoisotopic (exact) mass is 184 g/mol. The lowest BCUT2D eigenvalue weighted by molar-refractivity contribution is -0.139. The van der Waals surface area contributed by atoms with Crippen molar-refractivity contribution in [1.82, 2.24) is 0 Å². The second-order valence-electron chi connectivity index (χ2n) is 2.63. The molecule has 0 aromatic carbocycles. The second kappa shape index (κ2) is 3.30. The number of ether oxygens (including phenoxy) is 1. The van der Waals surface area contributed by atoms with Gasteiger partial charge in [0, 0.05) is 5.92 Å². The molecule has 1 aliphatic rings. The van der Waals surface area contributed by atoms with Crippen molar-refractivity contribution in [3.05, 3.63) is 23.7 Å². The summed E-state index contributed by atoms with van der Waals surface area (Å²) in [7, 11) is 0. The van der Waals surface area contributed by atoms with Gasteiger partial charge in [-0.25, -0.2) is 9.59 Å². The molecule has 0 fully saturated rings. The van der Waals surface area contributed by atoms with E-state index in [0.29, 0.717) is 0 Å². The van der Waals surface area contributed by atoms with Crippen molar-refractivity contribution in [2.45, 2.75) is 6.92 Å². The molecule has 0 spiro atoms. The first-order chi connectivity index (χ1) is 6.00. The number of aliphatic carboxylic acids is 2. The Kier molecular flexibility index (Phi) is 2.36. The third-order valence-corrected chi connectivity index (χ3v) is 1.47. The third-order valence-electron chi connectivity index (χ3n) is 1.47. The van der Waals surface area contributed by atoms with Crippen LogP contribution in [-0.2, 0) is 14.3 Å².